The topological polar surface area (TPSA) is 84.4 Å². The third kappa shape index (κ3) is 3.92. The first-order valence-corrected chi connectivity index (χ1v) is 7.63. The molecule has 1 fully saturated rings. The fourth-order valence-electron chi connectivity index (χ4n) is 3.11. The van der Waals surface area contributed by atoms with E-state index in [2.05, 4.69) is 17.2 Å². The summed E-state index contributed by atoms with van der Waals surface area (Å²) in [6, 6.07) is 5.38. The maximum atomic E-state index is 11.0. The number of nitrogen functional groups attached to an aromatic ring is 1. The van der Waals surface area contributed by atoms with Crippen molar-refractivity contribution in [2.45, 2.75) is 51.6 Å². The summed E-state index contributed by atoms with van der Waals surface area (Å²) in [7, 11) is 0. The molecule has 0 bridgehead atoms. The number of rotatable bonds is 6. The number of piperidine rings is 1. The molecular formula is C15H24N4O2. The molecule has 0 aromatic heterocycles. The molecule has 1 saturated heterocycles. The number of nitro groups is 1. The molecule has 1 aromatic rings. The van der Waals surface area contributed by atoms with Gasteiger partial charge in [-0.15, -0.1) is 0 Å². The maximum absolute atomic E-state index is 11.0. The Kier molecular flexibility index (Phi) is 5.52. The van der Waals surface area contributed by atoms with Crippen LogP contribution < -0.4 is 11.3 Å². The molecule has 1 aliphatic heterocycles. The van der Waals surface area contributed by atoms with E-state index in [1.54, 1.807) is 12.1 Å². The van der Waals surface area contributed by atoms with Gasteiger partial charge in [-0.2, -0.15) is 0 Å². The Morgan fingerprint density at radius 3 is 2.95 bits per heavy atom. The Balaban J connectivity index is 2.19. The number of hydrogen-bond donors (Lipinski definition) is 2. The standard InChI is InChI=1S/C15H24N4O2/c1-2-5-13-6-3-4-9-18(13)11-12-10-14(19(20)21)7-8-15(12)17-16/h7-8,10,13,17H,2-6,9,11,16H2,1H3. The predicted molar refractivity (Wildman–Crippen MR) is 83.9 cm³/mol. The lowest BCUT2D eigenvalue weighted by Crippen LogP contribution is -2.39. The van der Waals surface area contributed by atoms with Crippen LogP contribution in [0.1, 0.15) is 44.6 Å². The summed E-state index contributed by atoms with van der Waals surface area (Å²) in [5, 5.41) is 11.0. The summed E-state index contributed by atoms with van der Waals surface area (Å²) >= 11 is 0. The van der Waals surface area contributed by atoms with Crippen LogP contribution in [0.3, 0.4) is 0 Å². The molecular weight excluding hydrogens is 268 g/mol. The molecule has 1 unspecified atom stereocenters. The number of benzene rings is 1. The first-order chi connectivity index (χ1) is 10.2. The highest BCUT2D eigenvalue weighted by molar-refractivity contribution is 5.55. The minimum absolute atomic E-state index is 0.119. The molecule has 0 amide bonds. The number of likely N-dealkylation sites (tertiary alicyclic amines) is 1. The van der Waals surface area contributed by atoms with Gasteiger partial charge in [-0.05, 0) is 37.4 Å². The number of nitro benzene ring substituents is 1. The molecule has 6 nitrogen and oxygen atoms in total. The summed E-state index contributed by atoms with van der Waals surface area (Å²) in [5.41, 5.74) is 4.43. The quantitative estimate of drug-likeness (QED) is 0.478. The van der Waals surface area contributed by atoms with E-state index in [1.807, 2.05) is 0 Å². The monoisotopic (exact) mass is 292 g/mol. The van der Waals surface area contributed by atoms with Crippen molar-refractivity contribution in [3.8, 4) is 0 Å². The van der Waals surface area contributed by atoms with E-state index in [0.29, 0.717) is 12.6 Å². The fraction of sp³-hybridized carbons (Fsp3) is 0.600. The van der Waals surface area contributed by atoms with Crippen LogP contribution in [0.4, 0.5) is 11.4 Å². The SMILES string of the molecule is CCCC1CCCCN1Cc1cc([N+](=O)[O-])ccc1NN. The highest BCUT2D eigenvalue weighted by atomic mass is 16.6. The number of nitrogens with one attached hydrogen (secondary N) is 1. The summed E-state index contributed by atoms with van der Waals surface area (Å²) in [6.45, 7) is 3.97. The number of nitrogens with two attached hydrogens (primary N) is 1. The zero-order valence-corrected chi connectivity index (χ0v) is 12.5. The van der Waals surface area contributed by atoms with Crippen molar-refractivity contribution >= 4 is 11.4 Å². The minimum Gasteiger partial charge on any atom is -0.324 e. The second-order valence-electron chi connectivity index (χ2n) is 5.65. The molecule has 1 atom stereocenters. The van der Waals surface area contributed by atoms with Gasteiger partial charge in [0.05, 0.1) is 10.6 Å². The van der Waals surface area contributed by atoms with E-state index in [0.717, 1.165) is 24.2 Å². The minimum atomic E-state index is -0.358. The van der Waals surface area contributed by atoms with Crippen LogP contribution in [-0.2, 0) is 6.54 Å². The van der Waals surface area contributed by atoms with Crippen LogP contribution in [0.2, 0.25) is 0 Å². The number of hydrazine groups is 1. The van der Waals surface area contributed by atoms with Crippen LogP contribution >= 0.6 is 0 Å². The third-order valence-electron chi connectivity index (χ3n) is 4.20. The van der Waals surface area contributed by atoms with Crippen LogP contribution in [0.25, 0.3) is 0 Å². The van der Waals surface area contributed by atoms with Crippen molar-refractivity contribution in [1.29, 1.82) is 0 Å². The molecule has 0 radical (unpaired) electrons. The van der Waals surface area contributed by atoms with E-state index < -0.39 is 0 Å². The molecule has 2 rings (SSSR count). The lowest BCUT2D eigenvalue weighted by molar-refractivity contribution is -0.384. The molecule has 116 valence electrons. The molecule has 0 saturated carbocycles. The first kappa shape index (κ1) is 15.7. The zero-order valence-electron chi connectivity index (χ0n) is 12.5. The van der Waals surface area contributed by atoms with Gasteiger partial charge < -0.3 is 5.43 Å². The van der Waals surface area contributed by atoms with Gasteiger partial charge in [0, 0.05) is 24.7 Å². The average Bonchev–Trinajstić information content (AvgIpc) is 2.49. The van der Waals surface area contributed by atoms with Gasteiger partial charge in [-0.25, -0.2) is 0 Å². The smallest absolute Gasteiger partial charge is 0.269 e. The molecule has 1 aromatic carbocycles. The van der Waals surface area contributed by atoms with Gasteiger partial charge in [0.25, 0.3) is 5.69 Å². The van der Waals surface area contributed by atoms with Crippen molar-refractivity contribution < 1.29 is 4.92 Å². The van der Waals surface area contributed by atoms with E-state index in [4.69, 9.17) is 5.84 Å². The molecule has 6 heteroatoms. The third-order valence-corrected chi connectivity index (χ3v) is 4.20. The molecule has 0 spiro atoms. The Morgan fingerprint density at radius 2 is 2.29 bits per heavy atom. The van der Waals surface area contributed by atoms with E-state index >= 15 is 0 Å². The highest BCUT2D eigenvalue weighted by Gasteiger charge is 2.23. The fourth-order valence-corrected chi connectivity index (χ4v) is 3.11. The first-order valence-electron chi connectivity index (χ1n) is 7.63. The van der Waals surface area contributed by atoms with Crippen molar-refractivity contribution in [3.63, 3.8) is 0 Å². The molecule has 3 N–H and O–H groups in total. The lowest BCUT2D eigenvalue weighted by Gasteiger charge is -2.36. The van der Waals surface area contributed by atoms with Crippen LogP contribution in [0, 0.1) is 10.1 Å². The highest BCUT2D eigenvalue weighted by Crippen LogP contribution is 2.27. The number of hydrogen-bond acceptors (Lipinski definition) is 5. The Morgan fingerprint density at radius 1 is 1.48 bits per heavy atom. The summed E-state index contributed by atoms with van der Waals surface area (Å²) in [5.74, 6) is 5.54. The van der Waals surface area contributed by atoms with E-state index in [1.165, 1.54) is 31.7 Å². The van der Waals surface area contributed by atoms with Crippen LogP contribution in [0.15, 0.2) is 18.2 Å². The Labute approximate surface area is 125 Å². The molecule has 1 heterocycles. The zero-order chi connectivity index (χ0) is 15.2. The van der Waals surface area contributed by atoms with Crippen molar-refractivity contribution in [1.82, 2.24) is 4.90 Å². The second-order valence-corrected chi connectivity index (χ2v) is 5.65. The van der Waals surface area contributed by atoms with Gasteiger partial charge in [-0.1, -0.05) is 19.8 Å². The summed E-state index contributed by atoms with van der Waals surface area (Å²) in [4.78, 5) is 13.0. The Hall–Kier alpha value is -1.66. The molecule has 21 heavy (non-hydrogen) atoms. The number of anilines is 1. The van der Waals surface area contributed by atoms with Gasteiger partial charge in [0.1, 0.15) is 0 Å². The second kappa shape index (κ2) is 7.38. The number of nitrogens with zero attached hydrogens (tertiary/aromatic N) is 2. The molecule has 0 aliphatic carbocycles. The predicted octanol–water partition coefficient (Wildman–Crippen LogP) is 3.04. The van der Waals surface area contributed by atoms with Crippen molar-refractivity contribution in [2.24, 2.45) is 5.84 Å². The van der Waals surface area contributed by atoms with E-state index in [-0.39, 0.29) is 10.6 Å². The van der Waals surface area contributed by atoms with Crippen molar-refractivity contribution in [3.05, 3.63) is 33.9 Å². The maximum Gasteiger partial charge on any atom is 0.269 e. The Bertz CT molecular complexity index is 491. The van der Waals surface area contributed by atoms with Crippen LogP contribution in [0.5, 0.6) is 0 Å². The van der Waals surface area contributed by atoms with Gasteiger partial charge >= 0.3 is 0 Å². The normalized spacial score (nSPS) is 19.4. The van der Waals surface area contributed by atoms with Crippen LogP contribution in [-0.4, -0.2) is 22.4 Å². The largest absolute Gasteiger partial charge is 0.324 e. The van der Waals surface area contributed by atoms with Gasteiger partial charge in [0.15, 0.2) is 0 Å². The van der Waals surface area contributed by atoms with Gasteiger partial charge in [-0.3, -0.25) is 20.9 Å². The average molecular weight is 292 g/mol. The molecule has 1 aliphatic rings. The van der Waals surface area contributed by atoms with E-state index in [9.17, 15) is 10.1 Å². The van der Waals surface area contributed by atoms with Crippen molar-refractivity contribution in [2.75, 3.05) is 12.0 Å². The van der Waals surface area contributed by atoms with Gasteiger partial charge in [0.2, 0.25) is 0 Å². The summed E-state index contributed by atoms with van der Waals surface area (Å²) in [6.07, 6.45) is 6.03. The lowest BCUT2D eigenvalue weighted by atomic mass is 9.97. The number of non-ortho nitro benzene ring substituents is 1. The summed E-state index contributed by atoms with van der Waals surface area (Å²) < 4.78 is 0.